The number of aliphatic hydroxyl groups is 2. The van der Waals surface area contributed by atoms with E-state index in [-0.39, 0.29) is 71.9 Å². The minimum atomic E-state index is -2.31. The normalized spacial score (nSPS) is 14.5. The Morgan fingerprint density at radius 3 is 2.45 bits per heavy atom. The van der Waals surface area contributed by atoms with Gasteiger partial charge in [0.2, 0.25) is 11.2 Å². The van der Waals surface area contributed by atoms with Gasteiger partial charge in [0.05, 0.1) is 24.8 Å². The lowest BCUT2D eigenvalue weighted by atomic mass is 9.86. The molecule has 2 heterocycles. The number of ether oxygens (including phenoxy) is 2. The minimum Gasteiger partial charge on any atom is -0.506 e. The van der Waals surface area contributed by atoms with Gasteiger partial charge in [-0.05, 0) is 47.5 Å². The van der Waals surface area contributed by atoms with Gasteiger partial charge in [-0.2, -0.15) is 0 Å². The number of carboxylic acid groups (broad SMARTS) is 1. The molecule has 2 amide bonds. The SMILES string of the molecule is COc1cc(C(=O)N2CC(NC(=O)COc3cccc([C@](O)(C(=O)O)c4ccccc4)c3)C2)ccc1CNC[C@H](O)c1ccc(O)c2[nH]c(=O)ccc12. The molecule has 1 saturated heterocycles. The fraction of sp³-hybridized carbons (Fsp3) is 0.231. The Morgan fingerprint density at radius 1 is 0.962 bits per heavy atom. The van der Waals surface area contributed by atoms with Crippen molar-refractivity contribution in [2.24, 2.45) is 0 Å². The average molecular weight is 723 g/mol. The summed E-state index contributed by atoms with van der Waals surface area (Å²) in [6.07, 6.45) is -0.946. The van der Waals surface area contributed by atoms with E-state index in [1.165, 1.54) is 49.6 Å². The third-order valence-electron chi connectivity index (χ3n) is 9.11. The van der Waals surface area contributed by atoms with E-state index in [0.717, 1.165) is 5.56 Å². The fourth-order valence-corrected chi connectivity index (χ4v) is 6.27. The Hall–Kier alpha value is -6.22. The number of H-pyrrole nitrogens is 1. The smallest absolute Gasteiger partial charge is 0.345 e. The van der Waals surface area contributed by atoms with Crippen molar-refractivity contribution in [3.8, 4) is 17.2 Å². The first-order valence-corrected chi connectivity index (χ1v) is 16.7. The van der Waals surface area contributed by atoms with Gasteiger partial charge < -0.3 is 50.4 Å². The number of hydrogen-bond donors (Lipinski definition) is 7. The molecule has 0 saturated carbocycles. The Morgan fingerprint density at radius 2 is 1.72 bits per heavy atom. The number of amides is 2. The highest BCUT2D eigenvalue weighted by molar-refractivity contribution is 5.95. The van der Waals surface area contributed by atoms with Crippen molar-refractivity contribution in [2.75, 3.05) is 33.4 Å². The van der Waals surface area contributed by atoms with Crippen molar-refractivity contribution in [2.45, 2.75) is 24.3 Å². The summed E-state index contributed by atoms with van der Waals surface area (Å²) in [4.78, 5) is 53.8. The monoisotopic (exact) mass is 722 g/mol. The van der Waals surface area contributed by atoms with Gasteiger partial charge in [0.1, 0.15) is 17.2 Å². The van der Waals surface area contributed by atoms with Crippen LogP contribution in [-0.2, 0) is 21.7 Å². The largest absolute Gasteiger partial charge is 0.506 e. The number of nitrogens with zero attached hydrogens (tertiary/aromatic N) is 1. The van der Waals surface area contributed by atoms with Crippen molar-refractivity contribution in [3.05, 3.63) is 135 Å². The molecule has 0 aliphatic carbocycles. The molecule has 14 heteroatoms. The number of pyridine rings is 1. The van der Waals surface area contributed by atoms with Gasteiger partial charge in [0, 0.05) is 54.3 Å². The predicted molar refractivity (Wildman–Crippen MR) is 193 cm³/mol. The number of methoxy groups -OCH3 is 1. The highest BCUT2D eigenvalue weighted by Crippen LogP contribution is 2.32. The number of fused-ring (bicyclic) bond motifs is 1. The summed E-state index contributed by atoms with van der Waals surface area (Å²) in [6.45, 7) is 0.682. The number of aromatic amines is 1. The number of phenols is 1. The zero-order valence-corrected chi connectivity index (χ0v) is 28.6. The molecule has 14 nitrogen and oxygen atoms in total. The molecule has 1 aliphatic heterocycles. The molecular formula is C39H38N4O10. The molecular weight excluding hydrogens is 684 g/mol. The Kier molecular flexibility index (Phi) is 10.7. The van der Waals surface area contributed by atoms with Crippen LogP contribution < -0.4 is 25.7 Å². The molecule has 6 rings (SSSR count). The number of carboxylic acids is 1. The average Bonchev–Trinajstić information content (AvgIpc) is 3.15. The van der Waals surface area contributed by atoms with Gasteiger partial charge >= 0.3 is 5.97 Å². The second kappa shape index (κ2) is 15.6. The van der Waals surface area contributed by atoms with Crippen molar-refractivity contribution >= 4 is 28.7 Å². The molecule has 53 heavy (non-hydrogen) atoms. The van der Waals surface area contributed by atoms with Crippen LogP contribution in [-0.4, -0.2) is 87.5 Å². The van der Waals surface area contributed by atoms with Crippen LogP contribution in [0.15, 0.2) is 102 Å². The lowest BCUT2D eigenvalue weighted by Crippen LogP contribution is -2.61. The Bertz CT molecular complexity index is 2200. The fourth-order valence-electron chi connectivity index (χ4n) is 6.27. The second-order valence-electron chi connectivity index (χ2n) is 12.6. The predicted octanol–water partition coefficient (Wildman–Crippen LogP) is 2.41. The van der Waals surface area contributed by atoms with E-state index in [9.17, 15) is 39.6 Å². The quantitative estimate of drug-likeness (QED) is 0.0885. The van der Waals surface area contributed by atoms with Crippen LogP contribution in [0.2, 0.25) is 0 Å². The van der Waals surface area contributed by atoms with Crippen LogP contribution >= 0.6 is 0 Å². The van der Waals surface area contributed by atoms with E-state index in [2.05, 4.69) is 15.6 Å². The summed E-state index contributed by atoms with van der Waals surface area (Å²) in [5.41, 5.74) is -0.497. The number of phenolic OH excluding ortho intramolecular Hbond substituents is 1. The van der Waals surface area contributed by atoms with E-state index < -0.39 is 23.6 Å². The number of rotatable bonds is 14. The lowest BCUT2D eigenvalue weighted by Gasteiger charge is -2.39. The number of hydrogen-bond acceptors (Lipinski definition) is 10. The molecule has 274 valence electrons. The number of aliphatic carboxylic acids is 1. The van der Waals surface area contributed by atoms with Gasteiger partial charge in [-0.1, -0.05) is 54.6 Å². The maximum Gasteiger partial charge on any atom is 0.345 e. The topological polar surface area (TPSA) is 211 Å². The van der Waals surface area contributed by atoms with Gasteiger partial charge in [0.15, 0.2) is 6.61 Å². The van der Waals surface area contributed by atoms with Crippen molar-refractivity contribution in [1.82, 2.24) is 20.5 Å². The van der Waals surface area contributed by atoms with Crippen LogP contribution in [0.4, 0.5) is 0 Å². The van der Waals surface area contributed by atoms with E-state index in [1.54, 1.807) is 59.5 Å². The zero-order chi connectivity index (χ0) is 37.7. The summed E-state index contributed by atoms with van der Waals surface area (Å²) >= 11 is 0. The number of aromatic nitrogens is 1. The number of likely N-dealkylation sites (tertiary alicyclic amines) is 1. The standard InChI is InChI=1S/C39H38N4O10/c1-52-33-16-23(10-11-24(33)18-40-19-32(45)29-12-14-31(44)36-30(29)13-15-34(46)42-36)37(48)43-20-27(21-43)41-35(47)22-53-28-9-5-8-26(17-28)39(51,38(49)50)25-6-3-2-4-7-25/h2-17,27,32,40,44-45,51H,18-22H2,1H3,(H,41,47)(H,42,46)(H,49,50)/t32-,39-/m0/s1. The first-order valence-electron chi connectivity index (χ1n) is 16.7. The number of carbonyl (C=O) groups excluding carboxylic acids is 2. The van der Waals surface area contributed by atoms with Gasteiger partial charge in [-0.3, -0.25) is 14.4 Å². The van der Waals surface area contributed by atoms with Crippen molar-refractivity contribution in [3.63, 3.8) is 0 Å². The van der Waals surface area contributed by atoms with E-state index in [4.69, 9.17) is 9.47 Å². The number of nitrogens with one attached hydrogen (secondary N) is 3. The Balaban J connectivity index is 0.981. The van der Waals surface area contributed by atoms with Crippen LogP contribution in [0.3, 0.4) is 0 Å². The number of aliphatic hydroxyl groups excluding tert-OH is 1. The first-order chi connectivity index (χ1) is 25.5. The molecule has 0 bridgehead atoms. The van der Waals surface area contributed by atoms with Crippen LogP contribution in [0, 0.1) is 0 Å². The molecule has 0 spiro atoms. The molecule has 2 atom stereocenters. The van der Waals surface area contributed by atoms with E-state index in [0.29, 0.717) is 28.8 Å². The Labute approximate surface area is 303 Å². The summed E-state index contributed by atoms with van der Waals surface area (Å²) in [7, 11) is 1.49. The zero-order valence-electron chi connectivity index (χ0n) is 28.6. The van der Waals surface area contributed by atoms with Gasteiger partial charge in [-0.25, -0.2) is 4.79 Å². The third kappa shape index (κ3) is 7.84. The van der Waals surface area contributed by atoms with Crippen molar-refractivity contribution < 1.29 is 44.3 Å². The van der Waals surface area contributed by atoms with Gasteiger partial charge in [-0.15, -0.1) is 0 Å². The molecule has 4 aromatic carbocycles. The molecule has 5 aromatic rings. The number of benzene rings is 4. The second-order valence-corrected chi connectivity index (χ2v) is 12.6. The first kappa shape index (κ1) is 36.6. The summed E-state index contributed by atoms with van der Waals surface area (Å²) in [5, 5.41) is 48.5. The summed E-state index contributed by atoms with van der Waals surface area (Å²) in [6, 6.07) is 24.6. The van der Waals surface area contributed by atoms with E-state index in [1.807, 2.05) is 0 Å². The summed E-state index contributed by atoms with van der Waals surface area (Å²) in [5.74, 6) is -1.54. The highest BCUT2D eigenvalue weighted by atomic mass is 16.5. The molecule has 1 fully saturated rings. The molecule has 1 aliphatic rings. The molecule has 0 unspecified atom stereocenters. The van der Waals surface area contributed by atoms with Crippen LogP contribution in [0.1, 0.15) is 38.7 Å². The van der Waals surface area contributed by atoms with Crippen LogP contribution in [0.25, 0.3) is 10.9 Å². The maximum atomic E-state index is 13.2. The van der Waals surface area contributed by atoms with Gasteiger partial charge in [0.25, 0.3) is 11.8 Å². The number of carbonyl (C=O) groups is 3. The summed E-state index contributed by atoms with van der Waals surface area (Å²) < 4.78 is 11.1. The highest BCUT2D eigenvalue weighted by Gasteiger charge is 2.40. The molecule has 7 N–H and O–H groups in total. The lowest BCUT2D eigenvalue weighted by molar-refractivity contribution is -0.155. The van der Waals surface area contributed by atoms with Crippen LogP contribution in [0.5, 0.6) is 17.2 Å². The van der Waals surface area contributed by atoms with E-state index >= 15 is 0 Å². The third-order valence-corrected chi connectivity index (χ3v) is 9.11. The number of aromatic hydroxyl groups is 1. The van der Waals surface area contributed by atoms with Crippen molar-refractivity contribution in [1.29, 1.82) is 0 Å². The molecule has 0 radical (unpaired) electrons. The minimum absolute atomic E-state index is 0.0711. The maximum absolute atomic E-state index is 13.2. The molecule has 1 aromatic heterocycles.